The van der Waals surface area contributed by atoms with E-state index in [2.05, 4.69) is 9.98 Å². The second-order valence-electron chi connectivity index (χ2n) is 3.34. The second-order valence-corrected chi connectivity index (χ2v) is 4.21. The minimum Gasteiger partial charge on any atom is -0.480 e. The highest BCUT2D eigenvalue weighted by Crippen LogP contribution is 2.27. The van der Waals surface area contributed by atoms with Crippen molar-refractivity contribution in [2.75, 3.05) is 19.1 Å². The number of nitrogens with two attached hydrogens (primary N) is 1. The van der Waals surface area contributed by atoms with Crippen LogP contribution in [-0.2, 0) is 14.3 Å². The van der Waals surface area contributed by atoms with Crippen LogP contribution in [0.3, 0.4) is 0 Å². The summed E-state index contributed by atoms with van der Waals surface area (Å²) in [6, 6.07) is 0. The number of nitrogens with zero attached hydrogens (tertiary/aromatic N) is 3. The van der Waals surface area contributed by atoms with Crippen LogP contribution in [0.5, 0.6) is 0 Å². The van der Waals surface area contributed by atoms with Gasteiger partial charge in [0, 0.05) is 18.7 Å². The fourth-order valence-corrected chi connectivity index (χ4v) is 2.23. The lowest BCUT2D eigenvalue weighted by Crippen LogP contribution is -2.44. The summed E-state index contributed by atoms with van der Waals surface area (Å²) in [6.45, 7) is 0. The van der Waals surface area contributed by atoms with E-state index < -0.39 is 12.1 Å². The maximum absolute atomic E-state index is 11.5. The second kappa shape index (κ2) is 5.15. The highest BCUT2D eigenvalue weighted by Gasteiger charge is 2.33. The molecule has 8 heteroatoms. The Bertz CT molecular complexity index is 497. The molecule has 1 aliphatic rings. The van der Waals surface area contributed by atoms with E-state index in [9.17, 15) is 4.79 Å². The van der Waals surface area contributed by atoms with Crippen LogP contribution in [0.15, 0.2) is 28.0 Å². The number of aliphatic imine (C=N–C) groups is 1. The number of ether oxygens (including phenoxy) is 2. The number of methoxy groups -OCH3 is 2. The predicted molar refractivity (Wildman–Crippen MR) is 67.1 cm³/mol. The summed E-state index contributed by atoms with van der Waals surface area (Å²) in [7, 11) is 2.89. The molecule has 2 N–H and O–H groups in total. The number of carbonyl (C=O) groups is 1. The first-order valence-corrected chi connectivity index (χ1v) is 5.89. The molecule has 1 aromatic heterocycles. The van der Waals surface area contributed by atoms with Crippen LogP contribution in [0.25, 0.3) is 0 Å². The van der Waals surface area contributed by atoms with Gasteiger partial charge < -0.3 is 15.2 Å². The third-order valence-electron chi connectivity index (χ3n) is 2.35. The monoisotopic (exact) mass is 268 g/mol. The van der Waals surface area contributed by atoms with Crippen LogP contribution in [0.4, 0.5) is 5.13 Å². The summed E-state index contributed by atoms with van der Waals surface area (Å²) >= 11 is 1.40. The summed E-state index contributed by atoms with van der Waals surface area (Å²) in [4.78, 5) is 21.3. The van der Waals surface area contributed by atoms with Crippen molar-refractivity contribution in [1.82, 2.24) is 4.98 Å². The molecule has 0 aliphatic carbocycles. The predicted octanol–water partition coefficient (Wildman–Crippen LogP) is 0.307. The zero-order valence-corrected chi connectivity index (χ0v) is 10.7. The smallest absolute Gasteiger partial charge is 0.254 e. The number of hydrogen-bond acceptors (Lipinski definition) is 7. The van der Waals surface area contributed by atoms with E-state index in [1.54, 1.807) is 11.1 Å². The lowest BCUT2D eigenvalue weighted by atomic mass is 10.2. The lowest BCUT2D eigenvalue weighted by molar-refractivity contribution is -0.116. The van der Waals surface area contributed by atoms with Gasteiger partial charge in [-0.05, 0) is 0 Å². The van der Waals surface area contributed by atoms with Gasteiger partial charge in [0.25, 0.3) is 5.91 Å². The number of carbonyl (C=O) groups excluding carboxylic acids is 1. The highest BCUT2D eigenvalue weighted by molar-refractivity contribution is 7.13. The highest BCUT2D eigenvalue weighted by atomic mass is 32.1. The number of amides is 1. The lowest BCUT2D eigenvalue weighted by Gasteiger charge is -2.30. The van der Waals surface area contributed by atoms with Crippen LogP contribution >= 0.6 is 11.3 Å². The molecule has 7 nitrogen and oxygen atoms in total. The fraction of sp³-hybridized carbons (Fsp3) is 0.300. The van der Waals surface area contributed by atoms with E-state index in [4.69, 9.17) is 15.2 Å². The third kappa shape index (κ3) is 2.07. The van der Waals surface area contributed by atoms with Crippen molar-refractivity contribution >= 4 is 28.7 Å². The minimum atomic E-state index is -0.693. The summed E-state index contributed by atoms with van der Waals surface area (Å²) < 4.78 is 10.3. The molecule has 18 heavy (non-hydrogen) atoms. The summed E-state index contributed by atoms with van der Waals surface area (Å²) in [5.41, 5.74) is 5.50. The SMILES string of the molecule is COC1=C(C(N)=O)C(OC)N(c2nccs2)C=N1. The summed E-state index contributed by atoms with van der Waals surface area (Å²) in [5, 5.41) is 2.47. The van der Waals surface area contributed by atoms with Gasteiger partial charge in [-0.3, -0.25) is 9.69 Å². The molecule has 0 saturated heterocycles. The first-order valence-electron chi connectivity index (χ1n) is 5.01. The maximum atomic E-state index is 11.5. The molecule has 0 aromatic carbocycles. The average Bonchev–Trinajstić information content (AvgIpc) is 2.90. The topological polar surface area (TPSA) is 90.0 Å². The number of primary amides is 1. The molecule has 1 aromatic rings. The van der Waals surface area contributed by atoms with Gasteiger partial charge >= 0.3 is 0 Å². The number of thiazole rings is 1. The van der Waals surface area contributed by atoms with Crippen molar-refractivity contribution in [3.05, 3.63) is 23.0 Å². The van der Waals surface area contributed by atoms with Gasteiger partial charge in [-0.25, -0.2) is 9.98 Å². The van der Waals surface area contributed by atoms with E-state index in [-0.39, 0.29) is 11.5 Å². The Morgan fingerprint density at radius 3 is 2.83 bits per heavy atom. The van der Waals surface area contributed by atoms with Crippen molar-refractivity contribution < 1.29 is 14.3 Å². The van der Waals surface area contributed by atoms with Crippen LogP contribution in [0.2, 0.25) is 0 Å². The number of anilines is 1. The van der Waals surface area contributed by atoms with Crippen LogP contribution < -0.4 is 10.6 Å². The first kappa shape index (κ1) is 12.5. The standard InChI is InChI=1S/C10H12N4O3S/c1-16-8-6(7(11)15)9(17-2)14(5-13-8)10-12-3-4-18-10/h3-5,9H,1-2H3,(H2,11,15). The zero-order chi connectivity index (χ0) is 13.1. The van der Waals surface area contributed by atoms with Gasteiger partial charge in [-0.15, -0.1) is 11.3 Å². The van der Waals surface area contributed by atoms with Gasteiger partial charge in [0.15, 0.2) is 11.4 Å². The molecular weight excluding hydrogens is 256 g/mol. The van der Waals surface area contributed by atoms with E-state index >= 15 is 0 Å². The Morgan fingerprint density at radius 2 is 2.33 bits per heavy atom. The molecule has 0 fully saturated rings. The van der Waals surface area contributed by atoms with Gasteiger partial charge in [-0.2, -0.15) is 0 Å². The first-order chi connectivity index (χ1) is 8.69. The number of hydrogen-bond donors (Lipinski definition) is 1. The van der Waals surface area contributed by atoms with Gasteiger partial charge in [0.1, 0.15) is 11.9 Å². The van der Waals surface area contributed by atoms with Crippen molar-refractivity contribution in [1.29, 1.82) is 0 Å². The van der Waals surface area contributed by atoms with Crippen LogP contribution in [0.1, 0.15) is 0 Å². The van der Waals surface area contributed by atoms with Crippen molar-refractivity contribution in [2.24, 2.45) is 10.7 Å². The molecule has 1 aliphatic heterocycles. The summed E-state index contributed by atoms with van der Waals surface area (Å²) in [5.74, 6) is -0.487. The Kier molecular flexibility index (Phi) is 3.58. The van der Waals surface area contributed by atoms with E-state index in [1.165, 1.54) is 31.9 Å². The van der Waals surface area contributed by atoms with Crippen molar-refractivity contribution in [2.45, 2.75) is 6.23 Å². The Morgan fingerprint density at radius 1 is 1.56 bits per heavy atom. The quantitative estimate of drug-likeness (QED) is 0.848. The van der Waals surface area contributed by atoms with Gasteiger partial charge in [-0.1, -0.05) is 0 Å². The Hall–Kier alpha value is -1.93. The largest absolute Gasteiger partial charge is 0.480 e. The molecule has 0 spiro atoms. The molecule has 0 bridgehead atoms. The maximum Gasteiger partial charge on any atom is 0.254 e. The molecule has 2 heterocycles. The normalized spacial score (nSPS) is 19.2. The molecule has 2 rings (SSSR count). The van der Waals surface area contributed by atoms with Gasteiger partial charge in [0.05, 0.1) is 7.11 Å². The van der Waals surface area contributed by atoms with Crippen LogP contribution in [-0.4, -0.2) is 37.7 Å². The van der Waals surface area contributed by atoms with E-state index in [0.717, 1.165) is 0 Å². The van der Waals surface area contributed by atoms with Crippen LogP contribution in [0, 0.1) is 0 Å². The molecule has 1 amide bonds. The van der Waals surface area contributed by atoms with E-state index in [0.29, 0.717) is 5.13 Å². The van der Waals surface area contributed by atoms with Crippen molar-refractivity contribution in [3.63, 3.8) is 0 Å². The van der Waals surface area contributed by atoms with Gasteiger partial charge in [0.2, 0.25) is 5.88 Å². The fourth-order valence-electron chi connectivity index (χ4n) is 1.60. The summed E-state index contributed by atoms with van der Waals surface area (Å²) in [6.07, 6.45) is 2.46. The number of rotatable bonds is 4. The van der Waals surface area contributed by atoms with Crippen molar-refractivity contribution in [3.8, 4) is 0 Å². The molecule has 0 saturated carbocycles. The molecule has 96 valence electrons. The number of aromatic nitrogens is 1. The van der Waals surface area contributed by atoms with E-state index in [1.807, 2.05) is 5.38 Å². The molecule has 0 radical (unpaired) electrons. The third-order valence-corrected chi connectivity index (χ3v) is 3.14. The molecule has 1 atom stereocenters. The molecule has 1 unspecified atom stereocenters. The Balaban J connectivity index is 2.43. The zero-order valence-electron chi connectivity index (χ0n) is 9.86. The minimum absolute atomic E-state index is 0.155. The average molecular weight is 268 g/mol. The Labute approximate surface area is 108 Å². The molecular formula is C10H12N4O3S.